The van der Waals surface area contributed by atoms with Crippen molar-refractivity contribution < 1.29 is 45.6 Å². The molecule has 0 spiro atoms. The van der Waals surface area contributed by atoms with Crippen LogP contribution in [0, 0.1) is 0 Å². The van der Waals surface area contributed by atoms with Crippen LogP contribution in [0.1, 0.15) is 5.56 Å². The van der Waals surface area contributed by atoms with Gasteiger partial charge in [0.1, 0.15) is 16.9 Å². The topological polar surface area (TPSA) is 129 Å². The maximum atomic E-state index is 14.0. The summed E-state index contributed by atoms with van der Waals surface area (Å²) in [5, 5.41) is 0. The maximum absolute atomic E-state index is 14.0. The third kappa shape index (κ3) is 4.45. The largest absolute Gasteiger partial charge is 0.796 e. The van der Waals surface area contributed by atoms with Gasteiger partial charge in [0.05, 0.1) is 5.76 Å². The third-order valence-electron chi connectivity index (χ3n) is 4.94. The van der Waals surface area contributed by atoms with Crippen LogP contribution in [0.25, 0.3) is 5.76 Å². The molecule has 2 aliphatic heterocycles. The number of barbiturate groups is 1. The molecule has 12 nitrogen and oxygen atoms in total. The van der Waals surface area contributed by atoms with E-state index in [1.807, 2.05) is 0 Å². The molecular weight excluding hydrogens is 486 g/mol. The highest BCUT2D eigenvalue weighted by Gasteiger charge is 2.43. The average Bonchev–Trinajstić information content (AvgIpc) is 2.77. The van der Waals surface area contributed by atoms with Crippen molar-refractivity contribution in [3.8, 4) is 5.88 Å². The second-order valence-corrected chi connectivity index (χ2v) is 7.18. The first-order valence-corrected chi connectivity index (χ1v) is 9.53. The fourth-order valence-corrected chi connectivity index (χ4v) is 3.19. The van der Waals surface area contributed by atoms with Gasteiger partial charge in [-0.2, -0.15) is 0 Å². The molecule has 186 valence electrons. The Balaban J connectivity index is 2.16. The number of aromatic nitrogens is 2. The number of urea groups is 1. The van der Waals surface area contributed by atoms with Crippen molar-refractivity contribution in [1.82, 2.24) is 18.9 Å². The van der Waals surface area contributed by atoms with Crippen LogP contribution >= 0.6 is 0 Å². The van der Waals surface area contributed by atoms with Gasteiger partial charge in [0.25, 0.3) is 17.4 Å². The summed E-state index contributed by atoms with van der Waals surface area (Å²) in [6.07, 6.45) is 2.16. The molecular formula is C17H15B2F4N4O8-. The number of hydrogen-bond donors (Lipinski definition) is 0. The number of allylic oxidation sites excluding steroid dienone is 3. The summed E-state index contributed by atoms with van der Waals surface area (Å²) in [5.41, 5.74) is -3.54. The molecule has 1 aromatic heterocycles. The van der Waals surface area contributed by atoms with Crippen LogP contribution in [0.15, 0.2) is 39.1 Å². The van der Waals surface area contributed by atoms with Gasteiger partial charge in [-0.3, -0.25) is 33.3 Å². The minimum Gasteiger partial charge on any atom is -0.627 e. The van der Waals surface area contributed by atoms with Crippen LogP contribution in [-0.4, -0.2) is 65.5 Å². The lowest BCUT2D eigenvalue weighted by molar-refractivity contribution is -0.134. The molecule has 18 heteroatoms. The number of hydrogen-bond acceptors (Lipinski definition) is 8. The van der Waals surface area contributed by atoms with E-state index in [1.165, 1.54) is 0 Å². The lowest BCUT2D eigenvalue weighted by Crippen LogP contribution is -2.53. The van der Waals surface area contributed by atoms with Gasteiger partial charge in [0.2, 0.25) is 0 Å². The number of amides is 4. The Morgan fingerprint density at radius 2 is 1.51 bits per heavy atom. The van der Waals surface area contributed by atoms with Gasteiger partial charge in [0.15, 0.2) is 5.88 Å². The van der Waals surface area contributed by atoms with Crippen molar-refractivity contribution in [2.24, 2.45) is 14.1 Å². The van der Waals surface area contributed by atoms with Crippen LogP contribution in [0.3, 0.4) is 0 Å². The quantitative estimate of drug-likeness (QED) is 0.186. The Kier molecular flexibility index (Phi) is 6.41. The van der Waals surface area contributed by atoms with Gasteiger partial charge in [-0.15, -0.1) is 0 Å². The first-order valence-electron chi connectivity index (χ1n) is 9.53. The molecule has 0 saturated carbocycles. The van der Waals surface area contributed by atoms with Crippen molar-refractivity contribution in [2.45, 2.75) is 0 Å². The summed E-state index contributed by atoms with van der Waals surface area (Å²) in [6, 6.07) is -1.02. The highest BCUT2D eigenvalue weighted by Crippen LogP contribution is 2.34. The van der Waals surface area contributed by atoms with Gasteiger partial charge >= 0.3 is 26.3 Å². The first-order chi connectivity index (χ1) is 16.2. The predicted octanol–water partition coefficient (Wildman–Crippen LogP) is 0.00970. The van der Waals surface area contributed by atoms with Crippen molar-refractivity contribution in [3.05, 3.63) is 56.0 Å². The summed E-state index contributed by atoms with van der Waals surface area (Å²) in [4.78, 5) is 62.1. The van der Waals surface area contributed by atoms with Gasteiger partial charge in [-0.25, -0.2) is 18.2 Å². The van der Waals surface area contributed by atoms with Gasteiger partial charge in [-0.05, 0) is 12.2 Å². The molecule has 0 bridgehead atoms. The van der Waals surface area contributed by atoms with Gasteiger partial charge < -0.3 is 22.6 Å². The van der Waals surface area contributed by atoms with E-state index in [0.29, 0.717) is 25.0 Å². The number of halogens is 4. The van der Waals surface area contributed by atoms with Crippen molar-refractivity contribution in [3.63, 3.8) is 0 Å². The second-order valence-electron chi connectivity index (χ2n) is 7.18. The zero-order valence-electron chi connectivity index (χ0n) is 18.5. The summed E-state index contributed by atoms with van der Waals surface area (Å²) in [7, 11) is -4.42. The van der Waals surface area contributed by atoms with E-state index in [0.717, 1.165) is 40.3 Å². The van der Waals surface area contributed by atoms with Crippen LogP contribution in [-0.2, 0) is 33.0 Å². The average molecular weight is 501 g/mol. The van der Waals surface area contributed by atoms with E-state index in [4.69, 9.17) is 0 Å². The van der Waals surface area contributed by atoms with Crippen LogP contribution in [0.5, 0.6) is 5.88 Å². The smallest absolute Gasteiger partial charge is 0.627 e. The molecule has 2 aliphatic rings. The van der Waals surface area contributed by atoms with E-state index in [1.54, 1.807) is 0 Å². The Bertz CT molecular complexity index is 1320. The zero-order valence-corrected chi connectivity index (χ0v) is 18.5. The first kappa shape index (κ1) is 25.4. The van der Waals surface area contributed by atoms with E-state index >= 15 is 0 Å². The normalized spacial score (nSPS) is 18.6. The monoisotopic (exact) mass is 501 g/mol. The van der Waals surface area contributed by atoms with Crippen LogP contribution in [0.2, 0.25) is 0 Å². The number of fused-ring (bicyclic) bond motifs is 1. The minimum atomic E-state index is -5.03. The fraction of sp³-hybridized carbons (Fsp3) is 0.235. The Morgan fingerprint density at radius 3 is 2.06 bits per heavy atom. The highest BCUT2D eigenvalue weighted by atomic mass is 19.3. The molecule has 1 saturated heterocycles. The molecule has 0 unspecified atom stereocenters. The molecule has 1 aromatic rings. The lowest BCUT2D eigenvalue weighted by Gasteiger charge is -2.36. The number of imide groups is 2. The molecule has 35 heavy (non-hydrogen) atoms. The predicted molar refractivity (Wildman–Crippen MR) is 111 cm³/mol. The number of nitrogens with zero attached hydrogens (tertiary/aromatic N) is 4. The van der Waals surface area contributed by atoms with Crippen LogP contribution in [0.4, 0.5) is 22.1 Å². The molecule has 0 aliphatic carbocycles. The molecule has 0 aromatic carbocycles. The minimum absolute atomic E-state index is 0.475. The van der Waals surface area contributed by atoms with E-state index in [-0.39, 0.29) is 0 Å². The van der Waals surface area contributed by atoms with Crippen molar-refractivity contribution in [1.29, 1.82) is 0 Å². The Hall–Kier alpha value is -4.24. The number of likely N-dealkylation sites (N-methyl/N-ethyl adjacent to an activating group) is 2. The van der Waals surface area contributed by atoms with E-state index in [2.05, 4.69) is 14.0 Å². The van der Waals surface area contributed by atoms with Crippen molar-refractivity contribution in [2.75, 3.05) is 14.1 Å². The third-order valence-corrected chi connectivity index (χ3v) is 4.94. The number of carbonyl (C=O) groups excluding carboxylic acids is 3. The molecule has 3 heterocycles. The lowest BCUT2D eigenvalue weighted by atomic mass is 10.1. The summed E-state index contributed by atoms with van der Waals surface area (Å²) in [5.74, 6) is -5.09. The molecule has 0 atom stereocenters. The van der Waals surface area contributed by atoms with Crippen molar-refractivity contribution >= 4 is 38.2 Å². The molecule has 0 radical (unpaired) electrons. The van der Waals surface area contributed by atoms with Gasteiger partial charge in [-0.1, -0.05) is 6.08 Å². The maximum Gasteiger partial charge on any atom is 0.796 e. The molecule has 3 rings (SSSR count). The van der Waals surface area contributed by atoms with E-state index < -0.39 is 72.2 Å². The SMILES string of the molecule is CN1C(=O)C(=C(/C=C/C=C2\O[B-](F)(F)Oc3c2c(=O)n(C)c(=O)n3C)OB(F)F)C(=O)N(C)C1=O. The number of rotatable bonds is 4. The van der Waals surface area contributed by atoms with Gasteiger partial charge in [0, 0.05) is 28.2 Å². The summed E-state index contributed by atoms with van der Waals surface area (Å²) < 4.78 is 68.3. The Labute approximate surface area is 193 Å². The molecule has 4 amide bonds. The standard InChI is InChI=1S/C17H15B2F4N4O8/c1-24-12(28)10(13(29)25(2)16(24)31)8(33-18(20)21)6-5-7-9-11-14(30)26(3)17(32)27(4)15(11)35-19(22,23)34-9/h5-7H,1-4H3/q-1/b6-5+,9-7-. The Morgan fingerprint density at radius 1 is 0.943 bits per heavy atom. The molecule has 1 fully saturated rings. The van der Waals surface area contributed by atoms with Crippen LogP contribution < -0.4 is 15.9 Å². The number of carbonyl (C=O) groups is 3. The second kappa shape index (κ2) is 8.84. The van der Waals surface area contributed by atoms with E-state index in [9.17, 15) is 41.2 Å². The summed E-state index contributed by atoms with van der Waals surface area (Å²) in [6.45, 7) is 0. The highest BCUT2D eigenvalue weighted by molar-refractivity contribution is 6.54. The zero-order chi connectivity index (χ0) is 26.4. The fourth-order valence-electron chi connectivity index (χ4n) is 3.19. The summed E-state index contributed by atoms with van der Waals surface area (Å²) >= 11 is 0. The molecule has 0 N–H and O–H groups in total.